The van der Waals surface area contributed by atoms with Crippen molar-refractivity contribution in [2.45, 2.75) is 83.5 Å². The molecule has 5 nitrogen and oxygen atoms in total. The Bertz CT molecular complexity index is 1140. The summed E-state index contributed by atoms with van der Waals surface area (Å²) in [7, 11) is 0. The standard InChI is InChI=1S/C35H46O5/c1-6-7-8-9-27-10-12-28(13-11-27)29-14-16-30(17-15-29)31-18-20-32(21-19-31)35(5,23-39-33(37)25(2)3)24-40-34(38)26(4)22-36/h14-21,27-28,36H,2,4,6-13,22-24H2,1,3,5H3. The van der Waals surface area contributed by atoms with Gasteiger partial charge in [0.15, 0.2) is 0 Å². The zero-order chi connectivity index (χ0) is 29.1. The number of carbonyl (C=O) groups excluding carboxylic acids is 2. The van der Waals surface area contributed by atoms with Crippen LogP contribution in [0, 0.1) is 5.92 Å². The summed E-state index contributed by atoms with van der Waals surface area (Å²) in [6, 6.07) is 17.0. The number of esters is 2. The predicted molar refractivity (Wildman–Crippen MR) is 161 cm³/mol. The molecule has 0 aromatic heterocycles. The zero-order valence-corrected chi connectivity index (χ0v) is 24.5. The average molecular weight is 547 g/mol. The highest BCUT2D eigenvalue weighted by Crippen LogP contribution is 2.38. The molecule has 2 aromatic carbocycles. The summed E-state index contributed by atoms with van der Waals surface area (Å²) in [4.78, 5) is 24.2. The molecule has 0 bridgehead atoms. The second-order valence-electron chi connectivity index (χ2n) is 11.7. The Morgan fingerprint density at radius 3 is 1.95 bits per heavy atom. The van der Waals surface area contributed by atoms with Crippen LogP contribution in [-0.2, 0) is 24.5 Å². The van der Waals surface area contributed by atoms with Crippen LogP contribution in [0.4, 0.5) is 0 Å². The molecule has 2 aromatic rings. The van der Waals surface area contributed by atoms with Crippen molar-refractivity contribution in [2.24, 2.45) is 5.92 Å². The molecule has 1 fully saturated rings. The van der Waals surface area contributed by atoms with Crippen molar-refractivity contribution in [3.05, 3.63) is 84.0 Å². The number of hydrogen-bond acceptors (Lipinski definition) is 5. The van der Waals surface area contributed by atoms with Gasteiger partial charge >= 0.3 is 11.9 Å². The number of aliphatic hydroxyl groups excluding tert-OH is 1. The van der Waals surface area contributed by atoms with E-state index in [1.54, 1.807) is 6.92 Å². The topological polar surface area (TPSA) is 72.8 Å². The lowest BCUT2D eigenvalue weighted by Crippen LogP contribution is -2.36. The number of aliphatic hydroxyl groups is 1. The second kappa shape index (κ2) is 15.0. The molecule has 5 heteroatoms. The van der Waals surface area contributed by atoms with Crippen molar-refractivity contribution in [3.63, 3.8) is 0 Å². The van der Waals surface area contributed by atoms with Gasteiger partial charge in [0.1, 0.15) is 13.2 Å². The third-order valence-electron chi connectivity index (χ3n) is 8.23. The summed E-state index contributed by atoms with van der Waals surface area (Å²) in [6.45, 7) is 12.4. The van der Waals surface area contributed by atoms with Gasteiger partial charge < -0.3 is 14.6 Å². The molecule has 0 aliphatic heterocycles. The van der Waals surface area contributed by atoms with Crippen molar-refractivity contribution in [3.8, 4) is 11.1 Å². The van der Waals surface area contributed by atoms with E-state index in [4.69, 9.17) is 9.47 Å². The molecule has 1 unspecified atom stereocenters. The summed E-state index contributed by atoms with van der Waals surface area (Å²) in [5.74, 6) is 0.388. The van der Waals surface area contributed by atoms with E-state index in [2.05, 4.69) is 44.3 Å². The Morgan fingerprint density at radius 1 is 0.875 bits per heavy atom. The van der Waals surface area contributed by atoms with Gasteiger partial charge in [-0.15, -0.1) is 0 Å². The van der Waals surface area contributed by atoms with Gasteiger partial charge in [0.05, 0.1) is 17.6 Å². The van der Waals surface area contributed by atoms with E-state index >= 15 is 0 Å². The molecule has 0 spiro atoms. The quantitative estimate of drug-likeness (QED) is 0.149. The molecule has 0 saturated heterocycles. The molecule has 1 atom stereocenters. The number of benzene rings is 2. The van der Waals surface area contributed by atoms with Gasteiger partial charge in [-0.3, -0.25) is 0 Å². The molecule has 0 heterocycles. The molecule has 1 saturated carbocycles. The fraction of sp³-hybridized carbons (Fsp3) is 0.486. The normalized spacial score (nSPS) is 18.4. The van der Waals surface area contributed by atoms with E-state index < -0.39 is 24.0 Å². The molecule has 0 radical (unpaired) electrons. The van der Waals surface area contributed by atoms with Crippen LogP contribution in [0.2, 0.25) is 0 Å². The number of rotatable bonds is 14. The van der Waals surface area contributed by atoms with Gasteiger partial charge in [-0.05, 0) is 73.6 Å². The van der Waals surface area contributed by atoms with Crippen molar-refractivity contribution < 1.29 is 24.2 Å². The SMILES string of the molecule is C=C(C)C(=O)OCC(C)(COC(=O)C(=C)CO)c1ccc(-c2ccc(C3CCC(CCCCC)CC3)cc2)cc1. The first-order valence-electron chi connectivity index (χ1n) is 14.7. The van der Waals surface area contributed by atoms with Crippen LogP contribution < -0.4 is 0 Å². The summed E-state index contributed by atoms with van der Waals surface area (Å²) in [5, 5.41) is 9.19. The number of ether oxygens (including phenoxy) is 2. The maximum Gasteiger partial charge on any atom is 0.335 e. The maximum absolute atomic E-state index is 12.1. The Labute approximate surface area is 240 Å². The monoisotopic (exact) mass is 546 g/mol. The summed E-state index contributed by atoms with van der Waals surface area (Å²) in [6.07, 6.45) is 10.7. The van der Waals surface area contributed by atoms with E-state index in [-0.39, 0.29) is 18.8 Å². The molecule has 1 N–H and O–H groups in total. The molecule has 216 valence electrons. The Balaban J connectivity index is 1.67. The minimum absolute atomic E-state index is 0.00642. The first-order chi connectivity index (χ1) is 19.2. The van der Waals surface area contributed by atoms with E-state index in [1.165, 1.54) is 56.9 Å². The zero-order valence-electron chi connectivity index (χ0n) is 24.5. The minimum Gasteiger partial charge on any atom is -0.461 e. The molecule has 1 aliphatic carbocycles. The summed E-state index contributed by atoms with van der Waals surface area (Å²) in [5.41, 5.74) is 4.00. The maximum atomic E-state index is 12.1. The van der Waals surface area contributed by atoms with Crippen LogP contribution in [-0.4, -0.2) is 36.9 Å². The van der Waals surface area contributed by atoms with Gasteiger partial charge in [0.2, 0.25) is 0 Å². The van der Waals surface area contributed by atoms with Crippen LogP contribution in [0.3, 0.4) is 0 Å². The Morgan fingerprint density at radius 2 is 1.43 bits per heavy atom. The lowest BCUT2D eigenvalue weighted by molar-refractivity contribution is -0.145. The van der Waals surface area contributed by atoms with Crippen molar-refractivity contribution >= 4 is 11.9 Å². The third kappa shape index (κ3) is 8.66. The molecule has 3 rings (SSSR count). The molecular weight excluding hydrogens is 500 g/mol. The molecule has 40 heavy (non-hydrogen) atoms. The van der Waals surface area contributed by atoms with E-state index in [1.807, 2.05) is 31.2 Å². The van der Waals surface area contributed by atoms with E-state index in [9.17, 15) is 14.7 Å². The van der Waals surface area contributed by atoms with Gasteiger partial charge in [0.25, 0.3) is 0 Å². The van der Waals surface area contributed by atoms with E-state index in [0.717, 1.165) is 22.6 Å². The first kappa shape index (κ1) is 31.3. The highest BCUT2D eigenvalue weighted by molar-refractivity contribution is 5.88. The van der Waals surface area contributed by atoms with Crippen molar-refractivity contribution in [2.75, 3.05) is 19.8 Å². The number of hydrogen-bond donors (Lipinski definition) is 1. The van der Waals surface area contributed by atoms with Gasteiger partial charge in [-0.2, -0.15) is 0 Å². The second-order valence-corrected chi connectivity index (χ2v) is 11.7. The summed E-state index contributed by atoms with van der Waals surface area (Å²) < 4.78 is 10.9. The molecular formula is C35H46O5. The van der Waals surface area contributed by atoms with Gasteiger partial charge in [0, 0.05) is 5.57 Å². The molecule has 1 aliphatic rings. The van der Waals surface area contributed by atoms with Crippen LogP contribution >= 0.6 is 0 Å². The lowest BCUT2D eigenvalue weighted by Gasteiger charge is -2.29. The Kier molecular flexibility index (Phi) is 11.8. The van der Waals surface area contributed by atoms with Gasteiger partial charge in [-0.25, -0.2) is 9.59 Å². The van der Waals surface area contributed by atoms with E-state index in [0.29, 0.717) is 11.5 Å². The highest BCUT2D eigenvalue weighted by atomic mass is 16.5. The first-order valence-corrected chi connectivity index (χ1v) is 14.7. The predicted octanol–water partition coefficient (Wildman–Crippen LogP) is 7.68. The minimum atomic E-state index is -0.797. The smallest absolute Gasteiger partial charge is 0.335 e. The lowest BCUT2D eigenvalue weighted by atomic mass is 9.77. The highest BCUT2D eigenvalue weighted by Gasteiger charge is 2.31. The van der Waals surface area contributed by atoms with Crippen LogP contribution in [0.15, 0.2) is 72.8 Å². The van der Waals surface area contributed by atoms with Crippen molar-refractivity contribution in [1.82, 2.24) is 0 Å². The largest absolute Gasteiger partial charge is 0.461 e. The molecule has 0 amide bonds. The Hall–Kier alpha value is -3.18. The average Bonchev–Trinajstić information content (AvgIpc) is 2.98. The van der Waals surface area contributed by atoms with Crippen LogP contribution in [0.5, 0.6) is 0 Å². The summed E-state index contributed by atoms with van der Waals surface area (Å²) >= 11 is 0. The fourth-order valence-corrected chi connectivity index (χ4v) is 5.43. The van der Waals surface area contributed by atoms with Crippen molar-refractivity contribution in [1.29, 1.82) is 0 Å². The number of carbonyl (C=O) groups is 2. The third-order valence-corrected chi connectivity index (χ3v) is 8.23. The number of unbranched alkanes of at least 4 members (excludes halogenated alkanes) is 2. The van der Waals surface area contributed by atoms with Crippen LogP contribution in [0.1, 0.15) is 89.2 Å². The van der Waals surface area contributed by atoms with Gasteiger partial charge in [-0.1, -0.05) is 94.3 Å². The fourth-order valence-electron chi connectivity index (χ4n) is 5.43. The van der Waals surface area contributed by atoms with Crippen LogP contribution in [0.25, 0.3) is 11.1 Å².